The van der Waals surface area contributed by atoms with Crippen LogP contribution in [0.2, 0.25) is 5.02 Å². The number of hydrogen-bond acceptors (Lipinski definition) is 2. The molecule has 2 nitrogen and oxygen atoms in total. The number of imidazole rings is 1. The zero-order valence-corrected chi connectivity index (χ0v) is 17.2. The van der Waals surface area contributed by atoms with Gasteiger partial charge in [-0.05, 0) is 49.6 Å². The molecule has 0 bridgehead atoms. The van der Waals surface area contributed by atoms with Gasteiger partial charge in [0.25, 0.3) is 0 Å². The summed E-state index contributed by atoms with van der Waals surface area (Å²) in [5, 5.41) is 0.813. The van der Waals surface area contributed by atoms with E-state index in [2.05, 4.69) is 62.7 Å². The molecular formula is C20H20BrClN2S. The van der Waals surface area contributed by atoms with Gasteiger partial charge in [-0.1, -0.05) is 51.8 Å². The lowest BCUT2D eigenvalue weighted by molar-refractivity contribution is 0.495. The molecule has 0 aliphatic heterocycles. The highest BCUT2D eigenvalue weighted by Gasteiger charge is 2.27. The summed E-state index contributed by atoms with van der Waals surface area (Å²) < 4.78 is 3.27. The molecule has 0 radical (unpaired) electrons. The molecule has 0 fully saturated rings. The molecule has 0 amide bonds. The van der Waals surface area contributed by atoms with Gasteiger partial charge in [0, 0.05) is 33.1 Å². The lowest BCUT2D eigenvalue weighted by atomic mass is 10.00. The second-order valence-corrected chi connectivity index (χ2v) is 9.30. The maximum absolute atomic E-state index is 6.40. The first-order valence-electron chi connectivity index (χ1n) is 8.18. The van der Waals surface area contributed by atoms with Crippen LogP contribution in [0.4, 0.5) is 0 Å². The van der Waals surface area contributed by atoms with Crippen LogP contribution < -0.4 is 0 Å². The first kappa shape index (κ1) is 18.6. The first-order valence-corrected chi connectivity index (χ1v) is 10.2. The molecule has 0 spiro atoms. The Labute approximate surface area is 166 Å². The van der Waals surface area contributed by atoms with Crippen LogP contribution in [-0.4, -0.2) is 14.3 Å². The number of thioether (sulfide) groups is 1. The standard InChI is InChI=1S/C20H20BrClN2S/c1-20(14-24-13-12-23-15-24,25-19-5-3-2-4-18(19)22)11-10-16-6-8-17(21)9-7-16/h2-9,12-13,15H,10-11,14H2,1H3. The Bertz CT molecular complexity index is 805. The van der Waals surface area contributed by atoms with Crippen LogP contribution in [0, 0.1) is 0 Å². The molecule has 0 saturated heterocycles. The molecule has 25 heavy (non-hydrogen) atoms. The minimum atomic E-state index is 0.0127. The quantitative estimate of drug-likeness (QED) is 0.395. The smallest absolute Gasteiger partial charge is 0.0946 e. The monoisotopic (exact) mass is 434 g/mol. The molecule has 1 unspecified atom stereocenters. The molecule has 0 saturated carbocycles. The van der Waals surface area contributed by atoms with Gasteiger partial charge in [-0.3, -0.25) is 0 Å². The predicted octanol–water partition coefficient (Wildman–Crippen LogP) is 6.48. The topological polar surface area (TPSA) is 17.8 Å². The van der Waals surface area contributed by atoms with Crippen molar-refractivity contribution in [2.24, 2.45) is 0 Å². The molecule has 1 aromatic heterocycles. The molecule has 130 valence electrons. The lowest BCUT2D eigenvalue weighted by Gasteiger charge is -2.30. The molecule has 0 aliphatic carbocycles. The second-order valence-electron chi connectivity index (χ2n) is 6.34. The number of rotatable bonds is 7. The van der Waals surface area contributed by atoms with E-state index in [1.54, 1.807) is 0 Å². The van der Waals surface area contributed by atoms with Crippen molar-refractivity contribution in [3.63, 3.8) is 0 Å². The Morgan fingerprint density at radius 1 is 1.16 bits per heavy atom. The van der Waals surface area contributed by atoms with Crippen molar-refractivity contribution in [3.8, 4) is 0 Å². The van der Waals surface area contributed by atoms with Gasteiger partial charge in [0.1, 0.15) is 0 Å². The van der Waals surface area contributed by atoms with Gasteiger partial charge in [0.15, 0.2) is 0 Å². The van der Waals surface area contributed by atoms with Crippen molar-refractivity contribution in [1.82, 2.24) is 9.55 Å². The second kappa shape index (κ2) is 8.43. The van der Waals surface area contributed by atoms with Gasteiger partial charge in [-0.15, -0.1) is 11.8 Å². The fourth-order valence-electron chi connectivity index (χ4n) is 2.78. The van der Waals surface area contributed by atoms with E-state index in [4.69, 9.17) is 11.6 Å². The SMILES string of the molecule is CC(CCc1ccc(Br)cc1)(Cn1ccnc1)Sc1ccccc1Cl. The van der Waals surface area contributed by atoms with Crippen molar-refractivity contribution >= 4 is 39.3 Å². The van der Waals surface area contributed by atoms with E-state index in [1.165, 1.54) is 5.56 Å². The zero-order chi connectivity index (χ0) is 17.7. The molecule has 0 N–H and O–H groups in total. The van der Waals surface area contributed by atoms with E-state index in [9.17, 15) is 0 Å². The van der Waals surface area contributed by atoms with Crippen LogP contribution in [-0.2, 0) is 13.0 Å². The maximum Gasteiger partial charge on any atom is 0.0946 e. The van der Waals surface area contributed by atoms with Gasteiger partial charge in [-0.2, -0.15) is 0 Å². The molecule has 3 rings (SSSR count). The normalized spacial score (nSPS) is 13.6. The molecule has 0 aliphatic rings. The average Bonchev–Trinajstić information content (AvgIpc) is 3.09. The number of nitrogens with zero attached hydrogens (tertiary/aromatic N) is 2. The number of aromatic nitrogens is 2. The van der Waals surface area contributed by atoms with E-state index in [-0.39, 0.29) is 4.75 Å². The molecular weight excluding hydrogens is 416 g/mol. The maximum atomic E-state index is 6.40. The summed E-state index contributed by atoms with van der Waals surface area (Å²) in [6, 6.07) is 16.6. The summed E-state index contributed by atoms with van der Waals surface area (Å²) in [6.45, 7) is 3.19. The van der Waals surface area contributed by atoms with Crippen LogP contribution in [0.25, 0.3) is 0 Å². The van der Waals surface area contributed by atoms with Crippen LogP contribution >= 0.6 is 39.3 Å². The van der Waals surface area contributed by atoms with Gasteiger partial charge in [0.2, 0.25) is 0 Å². The molecule has 2 aromatic carbocycles. The van der Waals surface area contributed by atoms with Gasteiger partial charge in [0.05, 0.1) is 11.3 Å². The summed E-state index contributed by atoms with van der Waals surface area (Å²) in [4.78, 5) is 5.31. The van der Waals surface area contributed by atoms with E-state index >= 15 is 0 Å². The van der Waals surface area contributed by atoms with Crippen LogP contribution in [0.3, 0.4) is 0 Å². The number of aryl methyl sites for hydroxylation is 1. The third-order valence-electron chi connectivity index (χ3n) is 4.13. The summed E-state index contributed by atoms with van der Waals surface area (Å²) in [5.41, 5.74) is 1.35. The van der Waals surface area contributed by atoms with Crippen LogP contribution in [0.15, 0.2) is 76.6 Å². The van der Waals surface area contributed by atoms with Crippen molar-refractivity contribution in [1.29, 1.82) is 0 Å². The molecule has 3 aromatic rings. The summed E-state index contributed by atoms with van der Waals surface area (Å²) >= 11 is 11.7. The van der Waals surface area contributed by atoms with Gasteiger partial charge in [-0.25, -0.2) is 4.98 Å². The van der Waals surface area contributed by atoms with Gasteiger partial charge >= 0.3 is 0 Å². The number of benzene rings is 2. The largest absolute Gasteiger partial charge is 0.336 e. The Kier molecular flexibility index (Phi) is 6.26. The zero-order valence-electron chi connectivity index (χ0n) is 14.0. The van der Waals surface area contributed by atoms with Crippen molar-refractivity contribution < 1.29 is 0 Å². The highest BCUT2D eigenvalue weighted by molar-refractivity contribution is 9.10. The highest BCUT2D eigenvalue weighted by atomic mass is 79.9. The molecule has 5 heteroatoms. The van der Waals surface area contributed by atoms with Crippen molar-refractivity contribution in [2.45, 2.75) is 36.0 Å². The van der Waals surface area contributed by atoms with E-state index in [0.717, 1.165) is 33.8 Å². The third kappa shape index (κ3) is 5.37. The first-order chi connectivity index (χ1) is 12.0. The van der Waals surface area contributed by atoms with Crippen LogP contribution in [0.5, 0.6) is 0 Å². The van der Waals surface area contributed by atoms with E-state index < -0.39 is 0 Å². The Morgan fingerprint density at radius 3 is 2.60 bits per heavy atom. The third-order valence-corrected chi connectivity index (χ3v) is 6.50. The van der Waals surface area contributed by atoms with Crippen molar-refractivity contribution in [2.75, 3.05) is 0 Å². The minimum Gasteiger partial charge on any atom is -0.336 e. The van der Waals surface area contributed by atoms with Gasteiger partial charge < -0.3 is 4.57 Å². The van der Waals surface area contributed by atoms with E-state index in [1.807, 2.05) is 48.7 Å². The minimum absolute atomic E-state index is 0.0127. The predicted molar refractivity (Wildman–Crippen MR) is 110 cm³/mol. The number of hydrogen-bond donors (Lipinski definition) is 0. The lowest BCUT2D eigenvalue weighted by Crippen LogP contribution is -2.27. The highest BCUT2D eigenvalue weighted by Crippen LogP contribution is 2.40. The fourth-order valence-corrected chi connectivity index (χ4v) is 4.56. The van der Waals surface area contributed by atoms with E-state index in [0.29, 0.717) is 0 Å². The summed E-state index contributed by atoms with van der Waals surface area (Å²) in [7, 11) is 0. The average molecular weight is 436 g/mol. The number of halogens is 2. The Morgan fingerprint density at radius 2 is 1.92 bits per heavy atom. The summed E-state index contributed by atoms with van der Waals surface area (Å²) in [5.74, 6) is 0. The Balaban J connectivity index is 1.78. The van der Waals surface area contributed by atoms with Crippen LogP contribution in [0.1, 0.15) is 18.9 Å². The molecule has 1 atom stereocenters. The molecule has 1 heterocycles. The Hall–Kier alpha value is -1.23. The van der Waals surface area contributed by atoms with Crippen molar-refractivity contribution in [3.05, 3.63) is 82.3 Å². The summed E-state index contributed by atoms with van der Waals surface area (Å²) in [6.07, 6.45) is 7.80. The fraction of sp³-hybridized carbons (Fsp3) is 0.250.